The van der Waals surface area contributed by atoms with Gasteiger partial charge in [-0.2, -0.15) is 0 Å². The zero-order valence-corrected chi connectivity index (χ0v) is 14.9. The van der Waals surface area contributed by atoms with Crippen LogP contribution in [0.15, 0.2) is 0 Å². The van der Waals surface area contributed by atoms with E-state index in [0.717, 1.165) is 43.1 Å². The lowest BCUT2D eigenvalue weighted by atomic mass is 10.0. The van der Waals surface area contributed by atoms with E-state index in [2.05, 4.69) is 29.0 Å². The molecule has 1 unspecified atom stereocenters. The molecular weight excluding hydrogens is 320 g/mol. The number of esters is 1. The van der Waals surface area contributed by atoms with Crippen LogP contribution < -0.4 is 10.2 Å². The molecule has 7 nitrogen and oxygen atoms in total. The van der Waals surface area contributed by atoms with Gasteiger partial charge in [-0.05, 0) is 24.2 Å². The summed E-state index contributed by atoms with van der Waals surface area (Å²) in [6, 6.07) is 0. The van der Waals surface area contributed by atoms with Gasteiger partial charge in [0.05, 0.1) is 13.0 Å². The van der Waals surface area contributed by atoms with Crippen LogP contribution in [0.3, 0.4) is 0 Å². The zero-order chi connectivity index (χ0) is 17.7. The minimum atomic E-state index is -0.105. The fraction of sp³-hybridized carbons (Fsp3) is 0.667. The van der Waals surface area contributed by atoms with Crippen molar-refractivity contribution in [1.29, 1.82) is 0 Å². The summed E-state index contributed by atoms with van der Waals surface area (Å²) in [5.74, 6) is 2.58. The Labute approximate surface area is 147 Å². The summed E-state index contributed by atoms with van der Waals surface area (Å²) in [5, 5.41) is 2.87. The predicted octanol–water partition coefficient (Wildman–Crippen LogP) is 0.816. The number of fused-ring (bicyclic) bond motifs is 2. The van der Waals surface area contributed by atoms with Gasteiger partial charge in [-0.15, -0.1) is 0 Å². The van der Waals surface area contributed by atoms with Crippen LogP contribution in [0.4, 0.5) is 5.82 Å². The molecule has 2 fully saturated rings. The molecule has 0 spiro atoms. The Morgan fingerprint density at radius 1 is 1.32 bits per heavy atom. The summed E-state index contributed by atoms with van der Waals surface area (Å²) in [5.41, 5.74) is 1.48. The van der Waals surface area contributed by atoms with Crippen LogP contribution in [0.25, 0.3) is 0 Å². The highest BCUT2D eigenvalue weighted by Gasteiger charge is 2.60. The average molecular weight is 344 g/mol. The highest BCUT2D eigenvalue weighted by molar-refractivity contribution is 5.96. The lowest BCUT2D eigenvalue weighted by molar-refractivity contribution is -0.142. The standard InChI is InChI=1S/C18H24N4O3/c1-9(2)6-13-20-15-10(4-5-19-17(15)23)16(21-13)22-7-11-12(8-22)14(11)18(24)25-3/h9,11-12,14H,4-8H2,1-3H3,(H,19,23)/t11-,12+,14?. The SMILES string of the molecule is COC(=O)C1[C@H]2CN(c3nc(CC(C)C)nc4c3CCNC4=O)C[C@@H]12. The third kappa shape index (κ3) is 2.75. The normalized spacial score (nSPS) is 27.0. The number of carbonyl (C=O) groups excluding carboxylic acids is 2. The summed E-state index contributed by atoms with van der Waals surface area (Å²) in [6.45, 7) is 6.47. The zero-order valence-electron chi connectivity index (χ0n) is 14.9. The van der Waals surface area contributed by atoms with Gasteiger partial charge in [-0.1, -0.05) is 13.8 Å². The van der Waals surface area contributed by atoms with Crippen molar-refractivity contribution in [2.24, 2.45) is 23.7 Å². The molecule has 1 amide bonds. The van der Waals surface area contributed by atoms with E-state index in [-0.39, 0.29) is 17.8 Å². The van der Waals surface area contributed by atoms with Gasteiger partial charge in [0.25, 0.3) is 5.91 Å². The van der Waals surface area contributed by atoms with Gasteiger partial charge in [0.2, 0.25) is 0 Å². The molecule has 3 heterocycles. The number of aromatic nitrogens is 2. The first kappa shape index (κ1) is 16.3. The van der Waals surface area contributed by atoms with Gasteiger partial charge in [0, 0.05) is 31.6 Å². The quantitative estimate of drug-likeness (QED) is 0.814. The first-order valence-corrected chi connectivity index (χ1v) is 9.00. The lowest BCUT2D eigenvalue weighted by Crippen LogP contribution is -2.36. The summed E-state index contributed by atoms with van der Waals surface area (Å²) in [6.07, 6.45) is 1.50. The maximum Gasteiger partial charge on any atom is 0.309 e. The average Bonchev–Trinajstić information content (AvgIpc) is 3.07. The van der Waals surface area contributed by atoms with Gasteiger partial charge >= 0.3 is 5.97 Å². The van der Waals surface area contributed by atoms with Crippen LogP contribution in [0, 0.1) is 23.7 Å². The number of piperidine rings is 1. The van der Waals surface area contributed by atoms with Crippen LogP contribution in [0.2, 0.25) is 0 Å². The van der Waals surface area contributed by atoms with Crippen molar-refractivity contribution in [3.05, 3.63) is 17.1 Å². The summed E-state index contributed by atoms with van der Waals surface area (Å²) < 4.78 is 4.88. The number of nitrogens with one attached hydrogen (secondary N) is 1. The molecule has 3 aliphatic rings. The van der Waals surface area contributed by atoms with Crippen molar-refractivity contribution in [2.75, 3.05) is 31.6 Å². The molecule has 1 aromatic rings. The van der Waals surface area contributed by atoms with Crippen molar-refractivity contribution in [2.45, 2.75) is 26.7 Å². The van der Waals surface area contributed by atoms with Crippen LogP contribution in [-0.2, 0) is 22.4 Å². The maximum absolute atomic E-state index is 12.3. The molecule has 7 heteroatoms. The fourth-order valence-corrected chi connectivity index (χ4v) is 4.22. The highest BCUT2D eigenvalue weighted by atomic mass is 16.5. The van der Waals surface area contributed by atoms with Gasteiger partial charge in [-0.3, -0.25) is 9.59 Å². The molecule has 134 valence electrons. The van der Waals surface area contributed by atoms with Crippen molar-refractivity contribution >= 4 is 17.7 Å². The van der Waals surface area contributed by atoms with E-state index in [1.165, 1.54) is 7.11 Å². The minimum Gasteiger partial charge on any atom is -0.469 e. The Kier molecular flexibility index (Phi) is 3.89. The molecule has 0 bridgehead atoms. The molecule has 2 aliphatic heterocycles. The van der Waals surface area contributed by atoms with E-state index >= 15 is 0 Å². The van der Waals surface area contributed by atoms with Crippen LogP contribution in [0.1, 0.15) is 35.7 Å². The molecule has 1 saturated carbocycles. The van der Waals surface area contributed by atoms with Gasteiger partial charge in [0.15, 0.2) is 0 Å². The van der Waals surface area contributed by atoms with Crippen molar-refractivity contribution in [1.82, 2.24) is 15.3 Å². The molecule has 1 N–H and O–H groups in total. The molecule has 0 aromatic carbocycles. The number of carbonyl (C=O) groups is 2. The molecule has 4 rings (SSSR count). The summed E-state index contributed by atoms with van der Waals surface area (Å²) in [4.78, 5) is 35.6. The van der Waals surface area contributed by atoms with Crippen molar-refractivity contribution in [3.63, 3.8) is 0 Å². The predicted molar refractivity (Wildman–Crippen MR) is 91.3 cm³/mol. The number of nitrogens with zero attached hydrogens (tertiary/aromatic N) is 3. The number of hydrogen-bond donors (Lipinski definition) is 1. The van der Waals surface area contributed by atoms with Gasteiger partial charge < -0.3 is 15.0 Å². The Morgan fingerprint density at radius 3 is 2.68 bits per heavy atom. The van der Waals surface area contributed by atoms with E-state index in [0.29, 0.717) is 30.0 Å². The molecular formula is C18H24N4O3. The fourth-order valence-electron chi connectivity index (χ4n) is 4.22. The van der Waals surface area contributed by atoms with Crippen LogP contribution in [-0.4, -0.2) is 48.6 Å². The molecule has 1 aromatic heterocycles. The van der Waals surface area contributed by atoms with Crippen molar-refractivity contribution < 1.29 is 14.3 Å². The molecule has 0 radical (unpaired) electrons. The van der Waals surface area contributed by atoms with E-state index < -0.39 is 0 Å². The number of anilines is 1. The highest BCUT2D eigenvalue weighted by Crippen LogP contribution is 2.53. The second kappa shape index (κ2) is 5.97. The monoisotopic (exact) mass is 344 g/mol. The Morgan fingerprint density at radius 2 is 2.04 bits per heavy atom. The van der Waals surface area contributed by atoms with Gasteiger partial charge in [0.1, 0.15) is 17.3 Å². The summed E-state index contributed by atoms with van der Waals surface area (Å²) in [7, 11) is 1.45. The molecule has 3 atom stereocenters. The van der Waals surface area contributed by atoms with E-state index in [1.807, 2.05) is 0 Å². The maximum atomic E-state index is 12.3. The third-order valence-corrected chi connectivity index (χ3v) is 5.46. The Hall–Kier alpha value is -2.18. The number of amides is 1. The second-order valence-corrected chi connectivity index (χ2v) is 7.68. The Bertz CT molecular complexity index is 721. The number of ether oxygens (including phenoxy) is 1. The topological polar surface area (TPSA) is 84.4 Å². The first-order valence-electron chi connectivity index (χ1n) is 9.00. The number of rotatable bonds is 4. The van der Waals surface area contributed by atoms with Crippen LogP contribution >= 0.6 is 0 Å². The third-order valence-electron chi connectivity index (χ3n) is 5.46. The van der Waals surface area contributed by atoms with E-state index in [9.17, 15) is 9.59 Å². The lowest BCUT2D eigenvalue weighted by Gasteiger charge is -2.27. The molecule has 25 heavy (non-hydrogen) atoms. The molecule has 1 saturated heterocycles. The number of hydrogen-bond acceptors (Lipinski definition) is 6. The van der Waals surface area contributed by atoms with E-state index in [1.54, 1.807) is 0 Å². The Balaban J connectivity index is 1.62. The summed E-state index contributed by atoms with van der Waals surface area (Å²) >= 11 is 0. The largest absolute Gasteiger partial charge is 0.469 e. The van der Waals surface area contributed by atoms with Crippen molar-refractivity contribution in [3.8, 4) is 0 Å². The first-order chi connectivity index (χ1) is 12.0. The van der Waals surface area contributed by atoms with Gasteiger partial charge in [-0.25, -0.2) is 9.97 Å². The minimum absolute atomic E-state index is 0.0392. The smallest absolute Gasteiger partial charge is 0.309 e. The van der Waals surface area contributed by atoms with Crippen LogP contribution in [0.5, 0.6) is 0 Å². The second-order valence-electron chi connectivity index (χ2n) is 7.68. The van der Waals surface area contributed by atoms with E-state index in [4.69, 9.17) is 9.72 Å². The number of methoxy groups -OCH3 is 1. The molecule has 1 aliphatic carbocycles.